The molecule has 1 aromatic rings. The monoisotopic (exact) mass is 358 g/mol. The average molecular weight is 358 g/mol. The average Bonchev–Trinajstić information content (AvgIpc) is 2.68. The Bertz CT molecular complexity index is 625. The van der Waals surface area contributed by atoms with E-state index in [1.54, 1.807) is 0 Å². The first-order valence-electron chi connectivity index (χ1n) is 9.74. The van der Waals surface area contributed by atoms with Crippen LogP contribution in [0.5, 0.6) is 0 Å². The fraction of sp³-hybridized carbons (Fsp3) is 0.600. The summed E-state index contributed by atoms with van der Waals surface area (Å²) in [5, 5.41) is 3.00. The second-order valence-corrected chi connectivity index (χ2v) is 7.50. The maximum Gasteiger partial charge on any atom is 0.241 e. The van der Waals surface area contributed by atoms with Gasteiger partial charge in [-0.25, -0.2) is 0 Å². The predicted octanol–water partition coefficient (Wildman–Crippen LogP) is 2.20. The molecule has 0 aliphatic carbocycles. The van der Waals surface area contributed by atoms with Crippen molar-refractivity contribution in [2.24, 2.45) is 11.7 Å². The van der Waals surface area contributed by atoms with Crippen LogP contribution in [0, 0.1) is 5.92 Å². The fourth-order valence-corrected chi connectivity index (χ4v) is 3.91. The van der Waals surface area contributed by atoms with Gasteiger partial charge in [-0.1, -0.05) is 0 Å². The van der Waals surface area contributed by atoms with Gasteiger partial charge in [0.05, 0.1) is 12.0 Å². The van der Waals surface area contributed by atoms with Gasteiger partial charge in [0.1, 0.15) is 0 Å². The Hall–Kier alpha value is -2.08. The largest absolute Gasteiger partial charge is 0.372 e. The summed E-state index contributed by atoms with van der Waals surface area (Å²) in [4.78, 5) is 28.5. The molecule has 6 nitrogen and oxygen atoms in total. The second kappa shape index (κ2) is 8.54. The highest BCUT2D eigenvalue weighted by Crippen LogP contribution is 2.23. The molecule has 2 heterocycles. The van der Waals surface area contributed by atoms with Crippen molar-refractivity contribution >= 4 is 23.2 Å². The lowest BCUT2D eigenvalue weighted by molar-refractivity contribution is -0.127. The number of rotatable bonds is 5. The van der Waals surface area contributed by atoms with Crippen LogP contribution in [0.2, 0.25) is 0 Å². The van der Waals surface area contributed by atoms with Crippen molar-refractivity contribution < 1.29 is 9.59 Å². The molecule has 3 N–H and O–H groups in total. The highest BCUT2D eigenvalue weighted by Gasteiger charge is 2.29. The summed E-state index contributed by atoms with van der Waals surface area (Å²) < 4.78 is 0. The van der Waals surface area contributed by atoms with Gasteiger partial charge in [0.15, 0.2) is 0 Å². The van der Waals surface area contributed by atoms with Crippen LogP contribution in [0.25, 0.3) is 0 Å². The van der Waals surface area contributed by atoms with Crippen molar-refractivity contribution in [3.8, 4) is 0 Å². The lowest BCUT2D eigenvalue weighted by Crippen LogP contribution is -2.49. The van der Waals surface area contributed by atoms with Crippen LogP contribution < -0.4 is 16.0 Å². The lowest BCUT2D eigenvalue weighted by atomic mass is 9.96. The standard InChI is InChI=1S/C20H30N4O2/c1-15(24-13-5-6-16(14-24)19(21)25)20(26)22-17-7-9-18(10-8-17)23-11-3-2-4-12-23/h7-10,15-16H,2-6,11-14H2,1H3,(H2,21,25)(H,22,26)/t15-,16-/m0/s1. The SMILES string of the molecule is C[C@@H](C(=O)Nc1ccc(N2CCCCC2)cc1)N1CCC[C@H](C(N)=O)C1. The summed E-state index contributed by atoms with van der Waals surface area (Å²) in [6, 6.07) is 7.82. The van der Waals surface area contributed by atoms with Gasteiger partial charge in [-0.2, -0.15) is 0 Å². The number of nitrogens with two attached hydrogens (primary N) is 1. The Morgan fingerprint density at radius 2 is 1.77 bits per heavy atom. The summed E-state index contributed by atoms with van der Waals surface area (Å²) in [5.74, 6) is -0.459. The number of anilines is 2. The Morgan fingerprint density at radius 3 is 2.42 bits per heavy atom. The maximum absolute atomic E-state index is 12.6. The molecule has 0 bridgehead atoms. The van der Waals surface area contributed by atoms with Gasteiger partial charge in [0, 0.05) is 31.0 Å². The zero-order valence-electron chi connectivity index (χ0n) is 15.6. The van der Waals surface area contributed by atoms with Crippen LogP contribution >= 0.6 is 0 Å². The Kier molecular flexibility index (Phi) is 6.14. The van der Waals surface area contributed by atoms with E-state index in [-0.39, 0.29) is 23.8 Å². The van der Waals surface area contributed by atoms with E-state index in [0.29, 0.717) is 6.54 Å². The van der Waals surface area contributed by atoms with Gasteiger partial charge in [-0.3, -0.25) is 14.5 Å². The van der Waals surface area contributed by atoms with Gasteiger partial charge < -0.3 is 16.0 Å². The van der Waals surface area contributed by atoms with Crippen molar-refractivity contribution in [3.63, 3.8) is 0 Å². The van der Waals surface area contributed by atoms with Gasteiger partial charge in [0.25, 0.3) is 0 Å². The molecule has 2 aliphatic rings. The molecular formula is C20H30N4O2. The Balaban J connectivity index is 1.56. The molecule has 0 radical (unpaired) electrons. The predicted molar refractivity (Wildman–Crippen MR) is 104 cm³/mol. The molecule has 26 heavy (non-hydrogen) atoms. The van der Waals surface area contributed by atoms with E-state index in [9.17, 15) is 9.59 Å². The number of carbonyl (C=O) groups is 2. The normalized spacial score (nSPS) is 22.7. The van der Waals surface area contributed by atoms with Crippen LogP contribution in [0.1, 0.15) is 39.0 Å². The number of amides is 2. The summed E-state index contributed by atoms with van der Waals surface area (Å²) in [7, 11) is 0. The maximum atomic E-state index is 12.6. The molecule has 0 saturated carbocycles. The van der Waals surface area contributed by atoms with Gasteiger partial charge in [-0.15, -0.1) is 0 Å². The van der Waals surface area contributed by atoms with Crippen LogP contribution in [-0.2, 0) is 9.59 Å². The van der Waals surface area contributed by atoms with E-state index in [1.807, 2.05) is 19.1 Å². The lowest BCUT2D eigenvalue weighted by Gasteiger charge is -2.34. The number of hydrogen-bond acceptors (Lipinski definition) is 4. The Labute approximate surface area is 155 Å². The second-order valence-electron chi connectivity index (χ2n) is 7.50. The molecule has 142 valence electrons. The van der Waals surface area contributed by atoms with E-state index >= 15 is 0 Å². The highest BCUT2D eigenvalue weighted by atomic mass is 16.2. The molecule has 6 heteroatoms. The van der Waals surface area contributed by atoms with Crippen LogP contribution in [0.3, 0.4) is 0 Å². The summed E-state index contributed by atoms with van der Waals surface area (Å²) in [5.41, 5.74) is 7.46. The molecule has 2 amide bonds. The molecule has 2 atom stereocenters. The van der Waals surface area contributed by atoms with Crippen LogP contribution in [0.4, 0.5) is 11.4 Å². The number of nitrogens with one attached hydrogen (secondary N) is 1. The first-order valence-corrected chi connectivity index (χ1v) is 9.74. The number of primary amides is 1. The molecule has 2 saturated heterocycles. The minimum Gasteiger partial charge on any atom is -0.372 e. The zero-order valence-corrected chi connectivity index (χ0v) is 15.6. The first-order chi connectivity index (χ1) is 12.5. The number of likely N-dealkylation sites (tertiary alicyclic amines) is 1. The molecule has 3 rings (SSSR count). The minimum absolute atomic E-state index is 0.0409. The smallest absolute Gasteiger partial charge is 0.241 e. The number of hydrogen-bond donors (Lipinski definition) is 2. The molecule has 2 fully saturated rings. The minimum atomic E-state index is -0.279. The van der Waals surface area contributed by atoms with E-state index in [2.05, 4.69) is 27.2 Å². The zero-order chi connectivity index (χ0) is 18.5. The summed E-state index contributed by atoms with van der Waals surface area (Å²) >= 11 is 0. The molecule has 1 aromatic carbocycles. The Morgan fingerprint density at radius 1 is 1.08 bits per heavy atom. The molecule has 0 unspecified atom stereocenters. The quantitative estimate of drug-likeness (QED) is 0.846. The number of nitrogens with zero attached hydrogens (tertiary/aromatic N) is 2. The summed E-state index contributed by atoms with van der Waals surface area (Å²) in [6.45, 7) is 5.50. The molecular weight excluding hydrogens is 328 g/mol. The number of piperidine rings is 2. The van der Waals surface area contributed by atoms with Crippen molar-refractivity contribution in [2.75, 3.05) is 36.4 Å². The van der Waals surface area contributed by atoms with E-state index in [1.165, 1.54) is 24.9 Å². The van der Waals surface area contributed by atoms with Gasteiger partial charge in [0.2, 0.25) is 11.8 Å². The van der Waals surface area contributed by atoms with Crippen LogP contribution in [0.15, 0.2) is 24.3 Å². The third-order valence-electron chi connectivity index (χ3n) is 5.64. The van der Waals surface area contributed by atoms with E-state index in [4.69, 9.17) is 5.73 Å². The summed E-state index contributed by atoms with van der Waals surface area (Å²) in [6.07, 6.45) is 5.53. The fourth-order valence-electron chi connectivity index (χ4n) is 3.91. The third kappa shape index (κ3) is 4.55. The third-order valence-corrected chi connectivity index (χ3v) is 5.64. The molecule has 0 aromatic heterocycles. The van der Waals surface area contributed by atoms with Crippen molar-refractivity contribution in [3.05, 3.63) is 24.3 Å². The van der Waals surface area contributed by atoms with Crippen molar-refractivity contribution in [1.29, 1.82) is 0 Å². The van der Waals surface area contributed by atoms with Crippen molar-refractivity contribution in [2.45, 2.75) is 45.1 Å². The highest BCUT2D eigenvalue weighted by molar-refractivity contribution is 5.94. The van der Waals surface area contributed by atoms with Crippen molar-refractivity contribution in [1.82, 2.24) is 4.90 Å². The van der Waals surface area contributed by atoms with Crippen LogP contribution in [-0.4, -0.2) is 48.9 Å². The molecule has 2 aliphatic heterocycles. The van der Waals surface area contributed by atoms with E-state index < -0.39 is 0 Å². The van der Waals surface area contributed by atoms with E-state index in [0.717, 1.165) is 38.2 Å². The van der Waals surface area contributed by atoms with Gasteiger partial charge >= 0.3 is 0 Å². The number of benzene rings is 1. The topological polar surface area (TPSA) is 78.7 Å². The number of carbonyl (C=O) groups excluding carboxylic acids is 2. The molecule has 0 spiro atoms. The van der Waals surface area contributed by atoms with Gasteiger partial charge in [-0.05, 0) is 69.8 Å². The first kappa shape index (κ1) is 18.7.